The highest BCUT2D eigenvalue weighted by atomic mass is 16.1. The number of carbonyl (C=O) groups excluding carboxylic acids is 1. The Morgan fingerprint density at radius 2 is 1.71 bits per heavy atom. The maximum atomic E-state index is 10.5. The van der Waals surface area contributed by atoms with Gasteiger partial charge in [-0.05, 0) is 23.6 Å². The van der Waals surface area contributed by atoms with Crippen LogP contribution in [0.4, 0.5) is 0 Å². The summed E-state index contributed by atoms with van der Waals surface area (Å²) in [6.45, 7) is 12.5. The van der Waals surface area contributed by atoms with E-state index in [2.05, 4.69) is 63.4 Å². The Balaban J connectivity index is 0.000000400. The van der Waals surface area contributed by atoms with E-state index in [0.29, 0.717) is 5.92 Å². The van der Waals surface area contributed by atoms with Crippen LogP contribution < -0.4 is 5.32 Å². The number of benzene rings is 1. The zero-order valence-electron chi connectivity index (χ0n) is 16.3. The summed E-state index contributed by atoms with van der Waals surface area (Å²) in [5.41, 5.74) is 3.28. The van der Waals surface area contributed by atoms with E-state index in [0.717, 1.165) is 23.1 Å². The highest BCUT2D eigenvalue weighted by Crippen LogP contribution is 2.21. The maximum absolute atomic E-state index is 10.5. The lowest BCUT2D eigenvalue weighted by Gasteiger charge is -2.12. The fraction of sp³-hybridized carbons (Fsp3) is 0.409. The number of nitrogens with one attached hydrogen (secondary N) is 1. The van der Waals surface area contributed by atoms with Gasteiger partial charge in [-0.3, -0.25) is 4.79 Å². The van der Waals surface area contributed by atoms with E-state index in [4.69, 9.17) is 0 Å². The predicted molar refractivity (Wildman–Crippen MR) is 106 cm³/mol. The summed E-state index contributed by atoms with van der Waals surface area (Å²) < 4.78 is 0. The molecule has 0 unspecified atom stereocenters. The van der Waals surface area contributed by atoms with Crippen LogP contribution in [0.15, 0.2) is 60.3 Å². The Hall–Kier alpha value is -2.09. The van der Waals surface area contributed by atoms with Gasteiger partial charge in [-0.15, -0.1) is 0 Å². The summed E-state index contributed by atoms with van der Waals surface area (Å²) >= 11 is 0. The minimum atomic E-state index is 0.190. The average molecular weight is 328 g/mol. The van der Waals surface area contributed by atoms with Crippen molar-refractivity contribution in [1.29, 1.82) is 0 Å². The number of rotatable bonds is 3. The Morgan fingerprint density at radius 3 is 2.21 bits per heavy atom. The molecule has 132 valence electrons. The number of aldehydes is 1. The van der Waals surface area contributed by atoms with Crippen molar-refractivity contribution in [3.63, 3.8) is 0 Å². The van der Waals surface area contributed by atoms with Crippen LogP contribution in [0.5, 0.6) is 0 Å². The van der Waals surface area contributed by atoms with Gasteiger partial charge in [0.05, 0.1) is 0 Å². The molecule has 0 radical (unpaired) electrons. The van der Waals surface area contributed by atoms with E-state index in [1.807, 2.05) is 45.2 Å². The highest BCUT2D eigenvalue weighted by Gasteiger charge is 2.09. The molecule has 2 heteroatoms. The minimum Gasteiger partial charge on any atom is -0.388 e. The molecule has 0 bridgehead atoms. The quantitative estimate of drug-likeness (QED) is 0.701. The Labute approximate surface area is 148 Å². The first kappa shape index (κ1) is 21.9. The Morgan fingerprint density at radius 1 is 1.08 bits per heavy atom. The summed E-state index contributed by atoms with van der Waals surface area (Å²) in [5, 5.41) is 3.10. The SMILES string of the molecule is CC.CC(C)c1ccccc1C=O.CNC1=CC=CC(C)(C)C=C1. The second-order valence-corrected chi connectivity index (χ2v) is 6.29. The number of carbonyl (C=O) groups is 1. The van der Waals surface area contributed by atoms with E-state index in [1.165, 1.54) is 0 Å². The summed E-state index contributed by atoms with van der Waals surface area (Å²) in [4.78, 5) is 10.5. The first-order chi connectivity index (χ1) is 11.4. The van der Waals surface area contributed by atoms with Crippen LogP contribution in [0.3, 0.4) is 0 Å². The van der Waals surface area contributed by atoms with Crippen LogP contribution in [0.25, 0.3) is 0 Å². The zero-order chi connectivity index (χ0) is 18.6. The third kappa shape index (κ3) is 7.96. The third-order valence-corrected chi connectivity index (χ3v) is 3.53. The molecule has 2 rings (SSSR count). The predicted octanol–water partition coefficient (Wildman–Crippen LogP) is 5.89. The van der Waals surface area contributed by atoms with E-state index < -0.39 is 0 Å². The van der Waals surface area contributed by atoms with Gasteiger partial charge < -0.3 is 5.32 Å². The summed E-state index contributed by atoms with van der Waals surface area (Å²) in [5.74, 6) is 0.427. The first-order valence-electron chi connectivity index (χ1n) is 8.70. The molecule has 1 N–H and O–H groups in total. The van der Waals surface area contributed by atoms with Gasteiger partial charge in [-0.25, -0.2) is 0 Å². The summed E-state index contributed by atoms with van der Waals surface area (Å²) in [6.07, 6.45) is 11.6. The molecule has 0 atom stereocenters. The van der Waals surface area contributed by atoms with Crippen molar-refractivity contribution in [2.75, 3.05) is 7.05 Å². The smallest absolute Gasteiger partial charge is 0.150 e. The zero-order valence-corrected chi connectivity index (χ0v) is 16.3. The van der Waals surface area contributed by atoms with Crippen molar-refractivity contribution < 1.29 is 4.79 Å². The van der Waals surface area contributed by atoms with Crippen LogP contribution in [-0.4, -0.2) is 13.3 Å². The second kappa shape index (κ2) is 11.4. The average Bonchev–Trinajstić information content (AvgIpc) is 2.77. The molecule has 2 nitrogen and oxygen atoms in total. The van der Waals surface area contributed by atoms with E-state index in [-0.39, 0.29) is 5.41 Å². The van der Waals surface area contributed by atoms with Crippen molar-refractivity contribution in [1.82, 2.24) is 5.32 Å². The summed E-state index contributed by atoms with van der Waals surface area (Å²) in [7, 11) is 1.93. The van der Waals surface area contributed by atoms with Gasteiger partial charge in [0.2, 0.25) is 0 Å². The Kier molecular flexibility index (Phi) is 10.4. The van der Waals surface area contributed by atoms with Gasteiger partial charge in [0.25, 0.3) is 0 Å². The number of hydrogen-bond donors (Lipinski definition) is 1. The van der Waals surface area contributed by atoms with E-state index in [9.17, 15) is 4.79 Å². The standard InChI is InChI=1S/C10H15N.C10H12O.C2H6/c1-10(2)7-4-5-9(11-3)6-8-10;1-8(2)10-6-4-3-5-9(10)7-11;1-2/h4-8,11H,1-3H3;3-8H,1-2H3;1-2H3. The molecule has 0 amide bonds. The van der Waals surface area contributed by atoms with Crippen molar-refractivity contribution >= 4 is 6.29 Å². The minimum absolute atomic E-state index is 0.190. The molecule has 1 aromatic rings. The number of likely N-dealkylation sites (N-methyl/N-ethyl adjacent to an activating group) is 1. The van der Waals surface area contributed by atoms with Gasteiger partial charge in [-0.1, -0.05) is 84.0 Å². The van der Waals surface area contributed by atoms with Crippen LogP contribution in [0.1, 0.15) is 63.4 Å². The molecule has 0 aromatic heterocycles. The normalized spacial score (nSPS) is 14.4. The van der Waals surface area contributed by atoms with Crippen LogP contribution >= 0.6 is 0 Å². The van der Waals surface area contributed by atoms with Crippen LogP contribution in [-0.2, 0) is 0 Å². The molecule has 0 saturated heterocycles. The molecule has 0 saturated carbocycles. The molecule has 1 aliphatic carbocycles. The lowest BCUT2D eigenvalue weighted by atomic mass is 9.93. The number of allylic oxidation sites excluding steroid dienone is 5. The lowest BCUT2D eigenvalue weighted by Crippen LogP contribution is -2.04. The lowest BCUT2D eigenvalue weighted by molar-refractivity contribution is 0.112. The fourth-order valence-corrected chi connectivity index (χ4v) is 2.13. The molecule has 1 aliphatic rings. The van der Waals surface area contributed by atoms with Crippen molar-refractivity contribution in [2.45, 2.75) is 47.5 Å². The molecule has 24 heavy (non-hydrogen) atoms. The van der Waals surface area contributed by atoms with Gasteiger partial charge in [-0.2, -0.15) is 0 Å². The van der Waals surface area contributed by atoms with Crippen molar-refractivity contribution in [3.05, 3.63) is 71.5 Å². The van der Waals surface area contributed by atoms with Gasteiger partial charge in [0, 0.05) is 23.7 Å². The second-order valence-electron chi connectivity index (χ2n) is 6.29. The molecule has 0 fully saturated rings. The largest absolute Gasteiger partial charge is 0.388 e. The first-order valence-corrected chi connectivity index (χ1v) is 8.70. The molecule has 0 spiro atoms. The topological polar surface area (TPSA) is 29.1 Å². The van der Waals surface area contributed by atoms with Gasteiger partial charge >= 0.3 is 0 Å². The Bertz CT molecular complexity index is 577. The highest BCUT2D eigenvalue weighted by molar-refractivity contribution is 5.77. The summed E-state index contributed by atoms with van der Waals surface area (Å²) in [6, 6.07) is 7.69. The van der Waals surface area contributed by atoms with E-state index in [1.54, 1.807) is 0 Å². The van der Waals surface area contributed by atoms with Gasteiger partial charge in [0.15, 0.2) is 0 Å². The van der Waals surface area contributed by atoms with Crippen molar-refractivity contribution in [3.8, 4) is 0 Å². The van der Waals surface area contributed by atoms with Crippen LogP contribution in [0, 0.1) is 5.41 Å². The van der Waals surface area contributed by atoms with Crippen LogP contribution in [0.2, 0.25) is 0 Å². The molecular formula is C22H33NO. The fourth-order valence-electron chi connectivity index (χ4n) is 2.13. The molecular weight excluding hydrogens is 294 g/mol. The molecule has 1 aromatic carbocycles. The number of hydrogen-bond acceptors (Lipinski definition) is 2. The molecule has 0 heterocycles. The van der Waals surface area contributed by atoms with Gasteiger partial charge in [0.1, 0.15) is 6.29 Å². The van der Waals surface area contributed by atoms with E-state index >= 15 is 0 Å². The molecule has 0 aliphatic heterocycles. The third-order valence-electron chi connectivity index (χ3n) is 3.53. The monoisotopic (exact) mass is 327 g/mol. The van der Waals surface area contributed by atoms with Crippen molar-refractivity contribution in [2.24, 2.45) is 5.41 Å². The maximum Gasteiger partial charge on any atom is 0.150 e.